The zero-order chi connectivity index (χ0) is 15.4. The van der Waals surface area contributed by atoms with Crippen LogP contribution in [0.3, 0.4) is 0 Å². The summed E-state index contributed by atoms with van der Waals surface area (Å²) in [4.78, 5) is 13.5. The van der Waals surface area contributed by atoms with Crippen LogP contribution in [-0.2, 0) is 17.9 Å². The first-order valence-corrected chi connectivity index (χ1v) is 7.46. The minimum Gasteiger partial charge on any atom is -0.347 e. The van der Waals surface area contributed by atoms with Gasteiger partial charge in [0, 0.05) is 37.7 Å². The largest absolute Gasteiger partial charge is 0.347 e. The highest BCUT2D eigenvalue weighted by atomic mass is 16.2. The van der Waals surface area contributed by atoms with Gasteiger partial charge in [-0.1, -0.05) is 26.0 Å². The molecular formula is C17H25N3O. The highest BCUT2D eigenvalue weighted by Crippen LogP contribution is 2.20. The molecule has 1 amide bonds. The smallest absolute Gasteiger partial charge is 0.241 e. The van der Waals surface area contributed by atoms with Crippen molar-refractivity contribution >= 4 is 16.8 Å². The molecule has 114 valence electrons. The van der Waals surface area contributed by atoms with Gasteiger partial charge in [0.05, 0.1) is 0 Å². The van der Waals surface area contributed by atoms with Gasteiger partial charge in [-0.2, -0.15) is 0 Å². The van der Waals surface area contributed by atoms with Crippen molar-refractivity contribution in [2.24, 2.45) is 5.92 Å². The predicted octanol–water partition coefficient (Wildman–Crippen LogP) is 2.48. The molecule has 4 nitrogen and oxygen atoms in total. The number of nitrogens with one attached hydrogen (secondary N) is 1. The fraction of sp³-hybridized carbons (Fsp3) is 0.471. The van der Waals surface area contributed by atoms with Crippen molar-refractivity contribution in [2.75, 3.05) is 20.6 Å². The molecule has 1 N–H and O–H groups in total. The number of hydrogen-bond donors (Lipinski definition) is 1. The quantitative estimate of drug-likeness (QED) is 0.886. The van der Waals surface area contributed by atoms with E-state index >= 15 is 0 Å². The minimum atomic E-state index is 0.107. The molecule has 0 aliphatic rings. The Bertz CT molecular complexity index is 614. The number of carbonyl (C=O) groups is 1. The van der Waals surface area contributed by atoms with E-state index in [4.69, 9.17) is 0 Å². The lowest BCUT2D eigenvalue weighted by molar-refractivity contribution is -0.129. The van der Waals surface area contributed by atoms with E-state index in [0.717, 1.165) is 18.6 Å². The van der Waals surface area contributed by atoms with Crippen molar-refractivity contribution in [1.29, 1.82) is 0 Å². The van der Waals surface area contributed by atoms with E-state index in [-0.39, 0.29) is 5.91 Å². The maximum absolute atomic E-state index is 11.9. The Labute approximate surface area is 126 Å². The Morgan fingerprint density at radius 3 is 2.71 bits per heavy atom. The average Bonchev–Trinajstić information content (AvgIpc) is 2.82. The van der Waals surface area contributed by atoms with E-state index in [1.54, 1.807) is 19.0 Å². The van der Waals surface area contributed by atoms with Gasteiger partial charge in [-0.05, 0) is 30.2 Å². The van der Waals surface area contributed by atoms with Crippen LogP contribution in [-0.4, -0.2) is 36.0 Å². The molecule has 0 atom stereocenters. The second kappa shape index (κ2) is 6.76. The molecule has 0 saturated carbocycles. The van der Waals surface area contributed by atoms with Gasteiger partial charge >= 0.3 is 0 Å². The molecule has 0 unspecified atom stereocenters. The zero-order valence-corrected chi connectivity index (χ0v) is 13.4. The summed E-state index contributed by atoms with van der Waals surface area (Å²) in [6.45, 7) is 6.67. The molecule has 21 heavy (non-hydrogen) atoms. The second-order valence-electron chi connectivity index (χ2n) is 6.11. The summed E-state index contributed by atoms with van der Waals surface area (Å²) in [7, 11) is 3.57. The zero-order valence-electron chi connectivity index (χ0n) is 13.4. The number of likely N-dealkylation sites (N-methyl/N-ethyl adjacent to an activating group) is 1. The molecule has 0 aliphatic heterocycles. The first-order chi connectivity index (χ1) is 9.99. The molecule has 2 aromatic rings. The summed E-state index contributed by atoms with van der Waals surface area (Å²) in [5.74, 6) is 0.752. The highest BCUT2D eigenvalue weighted by molar-refractivity contribution is 5.85. The van der Waals surface area contributed by atoms with Crippen molar-refractivity contribution in [3.8, 4) is 0 Å². The van der Waals surface area contributed by atoms with Gasteiger partial charge in [0.1, 0.15) is 6.54 Å². The summed E-state index contributed by atoms with van der Waals surface area (Å²) in [5.41, 5.74) is 2.40. The lowest BCUT2D eigenvalue weighted by Crippen LogP contribution is -2.25. The fourth-order valence-corrected chi connectivity index (χ4v) is 2.36. The van der Waals surface area contributed by atoms with Crippen LogP contribution in [0.4, 0.5) is 0 Å². The van der Waals surface area contributed by atoms with Crippen LogP contribution in [0.25, 0.3) is 10.9 Å². The van der Waals surface area contributed by atoms with Crippen molar-refractivity contribution in [1.82, 2.24) is 14.8 Å². The lowest BCUT2D eigenvalue weighted by atomic mass is 10.1. The maximum Gasteiger partial charge on any atom is 0.241 e. The molecule has 2 rings (SSSR count). The molecule has 0 saturated heterocycles. The van der Waals surface area contributed by atoms with Gasteiger partial charge in [0.2, 0.25) is 5.91 Å². The standard InChI is InChI=1S/C17H25N3O/c1-13(2)10-18-11-14-6-5-7-16-15(14)8-9-20(16)12-17(21)19(3)4/h5-9,13,18H,10-12H2,1-4H3. The Morgan fingerprint density at radius 1 is 1.29 bits per heavy atom. The number of benzene rings is 1. The van der Waals surface area contributed by atoms with Crippen molar-refractivity contribution in [2.45, 2.75) is 26.9 Å². The van der Waals surface area contributed by atoms with Crippen LogP contribution in [0.2, 0.25) is 0 Å². The normalized spacial score (nSPS) is 11.3. The second-order valence-corrected chi connectivity index (χ2v) is 6.11. The molecule has 4 heteroatoms. The van der Waals surface area contributed by atoms with Crippen LogP contribution in [0.15, 0.2) is 30.5 Å². The molecule has 0 radical (unpaired) electrons. The minimum absolute atomic E-state index is 0.107. The van der Waals surface area contributed by atoms with Crippen LogP contribution >= 0.6 is 0 Å². The third kappa shape index (κ3) is 3.85. The predicted molar refractivity (Wildman–Crippen MR) is 87.2 cm³/mol. The van der Waals surface area contributed by atoms with Crippen LogP contribution < -0.4 is 5.32 Å². The van der Waals surface area contributed by atoms with E-state index in [1.165, 1.54) is 10.9 Å². The number of aromatic nitrogens is 1. The van der Waals surface area contributed by atoms with Crippen LogP contribution in [0.5, 0.6) is 0 Å². The van der Waals surface area contributed by atoms with Gasteiger partial charge in [-0.15, -0.1) is 0 Å². The van der Waals surface area contributed by atoms with E-state index in [0.29, 0.717) is 12.5 Å². The fourth-order valence-electron chi connectivity index (χ4n) is 2.36. The third-order valence-corrected chi connectivity index (χ3v) is 3.58. The van der Waals surface area contributed by atoms with E-state index in [9.17, 15) is 4.79 Å². The van der Waals surface area contributed by atoms with Crippen LogP contribution in [0.1, 0.15) is 19.4 Å². The summed E-state index contributed by atoms with van der Waals surface area (Å²) in [6, 6.07) is 8.38. The van der Waals surface area contributed by atoms with Crippen molar-refractivity contribution < 1.29 is 4.79 Å². The molecule has 1 aromatic heterocycles. The number of fused-ring (bicyclic) bond motifs is 1. The SMILES string of the molecule is CC(C)CNCc1cccc2c1ccn2CC(=O)N(C)C. The van der Waals surface area contributed by atoms with Gasteiger partial charge in [-0.25, -0.2) is 0 Å². The Hall–Kier alpha value is -1.81. The van der Waals surface area contributed by atoms with Gasteiger partial charge in [0.25, 0.3) is 0 Å². The molecule has 0 spiro atoms. The Kier molecular flexibility index (Phi) is 5.02. The molecule has 0 fully saturated rings. The van der Waals surface area contributed by atoms with E-state index in [1.807, 2.05) is 10.8 Å². The Morgan fingerprint density at radius 2 is 2.05 bits per heavy atom. The monoisotopic (exact) mass is 287 g/mol. The highest BCUT2D eigenvalue weighted by Gasteiger charge is 2.09. The topological polar surface area (TPSA) is 37.3 Å². The number of amides is 1. The van der Waals surface area contributed by atoms with Gasteiger partial charge < -0.3 is 14.8 Å². The lowest BCUT2D eigenvalue weighted by Gasteiger charge is -2.12. The summed E-state index contributed by atoms with van der Waals surface area (Å²) in [6.07, 6.45) is 2.00. The average molecular weight is 287 g/mol. The molecule has 0 aliphatic carbocycles. The molecule has 1 aromatic carbocycles. The number of hydrogen-bond acceptors (Lipinski definition) is 2. The first kappa shape index (κ1) is 15.6. The summed E-state index contributed by atoms with van der Waals surface area (Å²) < 4.78 is 2.02. The van der Waals surface area contributed by atoms with Gasteiger partial charge in [-0.3, -0.25) is 4.79 Å². The summed E-state index contributed by atoms with van der Waals surface area (Å²) >= 11 is 0. The Balaban J connectivity index is 2.18. The number of carbonyl (C=O) groups excluding carboxylic acids is 1. The van der Waals surface area contributed by atoms with Crippen molar-refractivity contribution in [3.05, 3.63) is 36.0 Å². The number of rotatable bonds is 6. The van der Waals surface area contributed by atoms with Crippen LogP contribution in [0, 0.1) is 5.92 Å². The van der Waals surface area contributed by atoms with Crippen molar-refractivity contribution in [3.63, 3.8) is 0 Å². The third-order valence-electron chi connectivity index (χ3n) is 3.58. The van der Waals surface area contributed by atoms with E-state index < -0.39 is 0 Å². The first-order valence-electron chi connectivity index (χ1n) is 7.46. The van der Waals surface area contributed by atoms with E-state index in [2.05, 4.69) is 43.4 Å². The molecule has 0 bridgehead atoms. The molecular weight excluding hydrogens is 262 g/mol. The number of nitrogens with zero attached hydrogens (tertiary/aromatic N) is 2. The summed E-state index contributed by atoms with van der Waals surface area (Å²) in [5, 5.41) is 4.70. The maximum atomic E-state index is 11.9. The van der Waals surface area contributed by atoms with Gasteiger partial charge in [0.15, 0.2) is 0 Å². The molecule has 1 heterocycles.